The predicted molar refractivity (Wildman–Crippen MR) is 54.8 cm³/mol. The molecule has 2 rings (SSSR count). The van der Waals surface area contributed by atoms with Crippen LogP contribution in [0.2, 0.25) is 0 Å². The van der Waals surface area contributed by atoms with E-state index >= 15 is 0 Å². The molecule has 0 saturated heterocycles. The first-order valence-corrected chi connectivity index (χ1v) is 4.73. The Kier molecular flexibility index (Phi) is 2.11. The Morgan fingerprint density at radius 1 is 1.43 bits per heavy atom. The molecule has 0 fully saturated rings. The largest absolute Gasteiger partial charge is 0.340 e. The van der Waals surface area contributed by atoms with Crippen molar-refractivity contribution in [2.75, 3.05) is 0 Å². The van der Waals surface area contributed by atoms with Gasteiger partial charge in [-0.25, -0.2) is 4.98 Å². The average molecular weight is 190 g/mol. The Morgan fingerprint density at radius 2 is 2.21 bits per heavy atom. The minimum atomic E-state index is 0.875. The molecule has 4 heteroatoms. The molecule has 0 radical (unpaired) electrons. The number of hydrogen-bond acceptors (Lipinski definition) is 2. The normalized spacial score (nSPS) is 10.8. The van der Waals surface area contributed by atoms with Crippen molar-refractivity contribution in [3.05, 3.63) is 24.3 Å². The van der Waals surface area contributed by atoms with E-state index in [1.54, 1.807) is 6.33 Å². The van der Waals surface area contributed by atoms with Gasteiger partial charge in [0.1, 0.15) is 5.69 Å². The molecule has 74 valence electrons. The van der Waals surface area contributed by atoms with E-state index < -0.39 is 0 Å². The quantitative estimate of drug-likeness (QED) is 0.721. The second-order valence-corrected chi connectivity index (χ2v) is 3.41. The number of aromatic nitrogens is 4. The molecule has 2 heterocycles. The maximum Gasteiger partial charge on any atom is 0.106 e. The molecular formula is C10H14N4. The highest BCUT2D eigenvalue weighted by Crippen LogP contribution is 2.17. The third-order valence-corrected chi connectivity index (χ3v) is 2.17. The van der Waals surface area contributed by atoms with Gasteiger partial charge in [0.15, 0.2) is 0 Å². The van der Waals surface area contributed by atoms with Gasteiger partial charge in [0.25, 0.3) is 0 Å². The van der Waals surface area contributed by atoms with Gasteiger partial charge in [-0.1, -0.05) is 0 Å². The van der Waals surface area contributed by atoms with Crippen molar-refractivity contribution in [2.24, 2.45) is 7.05 Å². The fourth-order valence-corrected chi connectivity index (χ4v) is 1.54. The molecular weight excluding hydrogens is 176 g/mol. The summed E-state index contributed by atoms with van der Waals surface area (Å²) < 4.78 is 3.91. The minimum absolute atomic E-state index is 0.875. The lowest BCUT2D eigenvalue weighted by molar-refractivity contribution is 0.659. The fourth-order valence-electron chi connectivity index (χ4n) is 1.54. The van der Waals surface area contributed by atoms with Crippen LogP contribution in [0.1, 0.15) is 12.6 Å². The minimum Gasteiger partial charge on any atom is -0.340 e. The second kappa shape index (κ2) is 3.29. The maximum absolute atomic E-state index is 4.38. The van der Waals surface area contributed by atoms with Crippen LogP contribution in [0.3, 0.4) is 0 Å². The molecule has 0 spiro atoms. The lowest BCUT2D eigenvalue weighted by Crippen LogP contribution is -1.99. The molecule has 0 atom stereocenters. The highest BCUT2D eigenvalue weighted by molar-refractivity contribution is 5.53. The van der Waals surface area contributed by atoms with Crippen LogP contribution in [0.5, 0.6) is 0 Å². The van der Waals surface area contributed by atoms with E-state index in [1.165, 1.54) is 0 Å². The van der Waals surface area contributed by atoms with Crippen molar-refractivity contribution in [3.8, 4) is 11.4 Å². The number of rotatable bonds is 2. The van der Waals surface area contributed by atoms with E-state index in [1.807, 2.05) is 29.4 Å². The third kappa shape index (κ3) is 1.43. The topological polar surface area (TPSA) is 35.6 Å². The summed E-state index contributed by atoms with van der Waals surface area (Å²) >= 11 is 0. The molecule has 0 aliphatic carbocycles. The summed E-state index contributed by atoms with van der Waals surface area (Å²) in [6.07, 6.45) is 3.81. The summed E-state index contributed by atoms with van der Waals surface area (Å²) in [6, 6.07) is 2.06. The van der Waals surface area contributed by atoms with Gasteiger partial charge in [-0.05, 0) is 19.9 Å². The van der Waals surface area contributed by atoms with Crippen molar-refractivity contribution in [1.82, 2.24) is 19.3 Å². The van der Waals surface area contributed by atoms with E-state index in [2.05, 4.69) is 23.1 Å². The van der Waals surface area contributed by atoms with Gasteiger partial charge in [0, 0.05) is 19.8 Å². The fraction of sp³-hybridized carbons (Fsp3) is 0.400. The van der Waals surface area contributed by atoms with Crippen LogP contribution in [0.25, 0.3) is 11.4 Å². The summed E-state index contributed by atoms with van der Waals surface area (Å²) in [7, 11) is 1.97. The van der Waals surface area contributed by atoms with Crippen LogP contribution in [-0.4, -0.2) is 19.3 Å². The molecule has 2 aromatic heterocycles. The lowest BCUT2D eigenvalue weighted by Gasteiger charge is -1.99. The van der Waals surface area contributed by atoms with E-state index in [4.69, 9.17) is 0 Å². The van der Waals surface area contributed by atoms with Crippen molar-refractivity contribution in [1.29, 1.82) is 0 Å². The summed E-state index contributed by atoms with van der Waals surface area (Å²) in [5.41, 5.74) is 3.10. The molecule has 0 saturated carbocycles. The lowest BCUT2D eigenvalue weighted by atomic mass is 10.3. The van der Waals surface area contributed by atoms with Gasteiger partial charge in [-0.3, -0.25) is 4.68 Å². The molecule has 0 unspecified atom stereocenters. The molecule has 14 heavy (non-hydrogen) atoms. The molecule has 0 aliphatic rings. The SMILES string of the molecule is CCn1nc(C)cc1-c1cn(C)cn1. The number of aryl methyl sites for hydroxylation is 3. The van der Waals surface area contributed by atoms with Crippen LogP contribution < -0.4 is 0 Å². The van der Waals surface area contributed by atoms with Crippen LogP contribution in [0, 0.1) is 6.92 Å². The van der Waals surface area contributed by atoms with Crippen molar-refractivity contribution in [3.63, 3.8) is 0 Å². The van der Waals surface area contributed by atoms with Gasteiger partial charge in [0.2, 0.25) is 0 Å². The van der Waals surface area contributed by atoms with Crippen LogP contribution >= 0.6 is 0 Å². The molecule has 0 amide bonds. The molecule has 0 N–H and O–H groups in total. The first kappa shape index (κ1) is 8.99. The third-order valence-electron chi connectivity index (χ3n) is 2.17. The first-order valence-electron chi connectivity index (χ1n) is 4.73. The van der Waals surface area contributed by atoms with Crippen LogP contribution in [-0.2, 0) is 13.6 Å². The predicted octanol–water partition coefficient (Wildman–Crippen LogP) is 1.61. The Hall–Kier alpha value is -1.58. The molecule has 4 nitrogen and oxygen atoms in total. The van der Waals surface area contributed by atoms with E-state index in [9.17, 15) is 0 Å². The van der Waals surface area contributed by atoms with Crippen molar-refractivity contribution < 1.29 is 0 Å². The molecule has 0 bridgehead atoms. The summed E-state index contributed by atoms with van der Waals surface area (Å²) in [6.45, 7) is 4.96. The molecule has 0 aliphatic heterocycles. The van der Waals surface area contributed by atoms with Gasteiger partial charge in [-0.2, -0.15) is 5.10 Å². The molecule has 2 aromatic rings. The Labute approximate surface area is 83.2 Å². The highest BCUT2D eigenvalue weighted by atomic mass is 15.3. The smallest absolute Gasteiger partial charge is 0.106 e. The van der Waals surface area contributed by atoms with Gasteiger partial charge in [0.05, 0.1) is 17.7 Å². The zero-order valence-electron chi connectivity index (χ0n) is 8.73. The first-order chi connectivity index (χ1) is 6.70. The van der Waals surface area contributed by atoms with Crippen LogP contribution in [0.4, 0.5) is 0 Å². The Bertz CT molecular complexity index is 439. The number of nitrogens with zero attached hydrogens (tertiary/aromatic N) is 4. The zero-order valence-corrected chi connectivity index (χ0v) is 8.73. The van der Waals surface area contributed by atoms with E-state index in [0.29, 0.717) is 0 Å². The van der Waals surface area contributed by atoms with E-state index in [-0.39, 0.29) is 0 Å². The zero-order chi connectivity index (χ0) is 10.1. The summed E-state index contributed by atoms with van der Waals surface area (Å²) in [4.78, 5) is 4.31. The van der Waals surface area contributed by atoms with Gasteiger partial charge < -0.3 is 4.57 Å². The van der Waals surface area contributed by atoms with Crippen molar-refractivity contribution in [2.45, 2.75) is 20.4 Å². The Morgan fingerprint density at radius 3 is 2.79 bits per heavy atom. The summed E-state index contributed by atoms with van der Waals surface area (Å²) in [5, 5.41) is 4.38. The Balaban J connectivity index is 2.49. The molecule has 0 aromatic carbocycles. The number of imidazole rings is 1. The standard InChI is InChI=1S/C10H14N4/c1-4-14-10(5-8(2)12-14)9-6-13(3)7-11-9/h5-7H,4H2,1-3H3. The summed E-state index contributed by atoms with van der Waals surface area (Å²) in [5.74, 6) is 0. The van der Waals surface area contributed by atoms with Gasteiger partial charge in [-0.15, -0.1) is 0 Å². The second-order valence-electron chi connectivity index (χ2n) is 3.41. The van der Waals surface area contributed by atoms with Gasteiger partial charge >= 0.3 is 0 Å². The maximum atomic E-state index is 4.38. The average Bonchev–Trinajstić information content (AvgIpc) is 2.71. The van der Waals surface area contributed by atoms with Crippen molar-refractivity contribution >= 4 is 0 Å². The van der Waals surface area contributed by atoms with E-state index in [0.717, 1.165) is 23.6 Å². The van der Waals surface area contributed by atoms with Crippen LogP contribution in [0.15, 0.2) is 18.6 Å². The number of hydrogen-bond donors (Lipinski definition) is 0. The monoisotopic (exact) mass is 190 g/mol. The highest BCUT2D eigenvalue weighted by Gasteiger charge is 2.08.